The summed E-state index contributed by atoms with van der Waals surface area (Å²) in [6.45, 7) is 8.55. The topological polar surface area (TPSA) is 76.7 Å². The predicted octanol–water partition coefficient (Wildman–Crippen LogP) is 1.41. The van der Waals surface area contributed by atoms with Gasteiger partial charge >= 0.3 is 0 Å². The maximum atomic E-state index is 11.4. The Bertz CT molecular complexity index is 309. The third-order valence-corrected chi connectivity index (χ3v) is 2.80. The molecule has 0 spiro atoms. The van der Waals surface area contributed by atoms with Crippen molar-refractivity contribution in [1.29, 1.82) is 0 Å². The van der Waals surface area contributed by atoms with E-state index in [1.165, 1.54) is 0 Å². The highest BCUT2D eigenvalue weighted by molar-refractivity contribution is 5.76. The van der Waals surface area contributed by atoms with Gasteiger partial charge in [-0.05, 0) is 19.3 Å². The molecule has 0 atom stereocenters. The summed E-state index contributed by atoms with van der Waals surface area (Å²) < 4.78 is 10.7. The molecule has 0 aliphatic carbocycles. The molecule has 0 saturated heterocycles. The first-order valence-electron chi connectivity index (χ1n) is 8.00. The molecular weight excluding hydrogens is 284 g/mol. The van der Waals surface area contributed by atoms with E-state index < -0.39 is 0 Å². The minimum Gasteiger partial charge on any atom is -0.377 e. The van der Waals surface area contributed by atoms with Crippen LogP contribution in [-0.2, 0) is 19.1 Å². The standard InChI is InChI=1S/C16H30N2O4/c1-3-5-6-8-16(20)18-10-12-22-14-13-21-11-9-17-15(19)7-4-2/h3H,1,4-14H2,2H3,(H,17,19)(H,18,20). The van der Waals surface area contributed by atoms with E-state index in [1.807, 2.05) is 13.0 Å². The summed E-state index contributed by atoms with van der Waals surface area (Å²) in [5.41, 5.74) is 0. The van der Waals surface area contributed by atoms with E-state index in [-0.39, 0.29) is 11.8 Å². The van der Waals surface area contributed by atoms with E-state index in [0.29, 0.717) is 52.4 Å². The summed E-state index contributed by atoms with van der Waals surface area (Å²) in [6.07, 6.45) is 5.44. The van der Waals surface area contributed by atoms with Crippen LogP contribution in [0.15, 0.2) is 12.7 Å². The van der Waals surface area contributed by atoms with Gasteiger partial charge in [0, 0.05) is 25.9 Å². The first kappa shape index (κ1) is 20.6. The molecule has 0 rings (SSSR count). The van der Waals surface area contributed by atoms with Gasteiger partial charge in [-0.2, -0.15) is 0 Å². The SMILES string of the molecule is C=CCCCC(=O)NCCOCCOCCNC(=O)CCC. The molecule has 2 N–H and O–H groups in total. The van der Waals surface area contributed by atoms with Gasteiger partial charge in [0.1, 0.15) is 0 Å². The maximum Gasteiger partial charge on any atom is 0.220 e. The average molecular weight is 314 g/mol. The summed E-state index contributed by atoms with van der Waals surface area (Å²) in [4.78, 5) is 22.5. The number of allylic oxidation sites excluding steroid dienone is 1. The van der Waals surface area contributed by atoms with Crippen molar-refractivity contribution in [1.82, 2.24) is 10.6 Å². The minimum atomic E-state index is 0.0459. The van der Waals surface area contributed by atoms with E-state index >= 15 is 0 Å². The smallest absolute Gasteiger partial charge is 0.220 e. The molecule has 6 nitrogen and oxygen atoms in total. The molecule has 128 valence electrons. The maximum absolute atomic E-state index is 11.4. The second kappa shape index (κ2) is 16.0. The third kappa shape index (κ3) is 15.0. The molecule has 0 fully saturated rings. The van der Waals surface area contributed by atoms with Crippen LogP contribution in [0.1, 0.15) is 39.0 Å². The molecule has 0 bridgehead atoms. The van der Waals surface area contributed by atoms with E-state index in [9.17, 15) is 9.59 Å². The first-order chi connectivity index (χ1) is 10.7. The lowest BCUT2D eigenvalue weighted by atomic mass is 10.2. The highest BCUT2D eigenvalue weighted by Gasteiger charge is 1.99. The van der Waals surface area contributed by atoms with E-state index in [1.54, 1.807) is 0 Å². The Morgan fingerprint density at radius 3 is 2.00 bits per heavy atom. The van der Waals surface area contributed by atoms with Crippen molar-refractivity contribution in [3.05, 3.63) is 12.7 Å². The molecule has 6 heteroatoms. The van der Waals surface area contributed by atoms with Gasteiger partial charge in [0.05, 0.1) is 26.4 Å². The van der Waals surface area contributed by atoms with E-state index in [0.717, 1.165) is 19.3 Å². The molecule has 2 amide bonds. The number of hydrogen-bond acceptors (Lipinski definition) is 4. The van der Waals surface area contributed by atoms with Gasteiger partial charge in [-0.25, -0.2) is 0 Å². The molecule has 0 aromatic heterocycles. The van der Waals surface area contributed by atoms with Crippen molar-refractivity contribution in [2.75, 3.05) is 39.5 Å². The quantitative estimate of drug-likeness (QED) is 0.354. The zero-order valence-corrected chi connectivity index (χ0v) is 13.7. The number of unbranched alkanes of at least 4 members (excludes halogenated alkanes) is 1. The van der Waals surface area contributed by atoms with Crippen molar-refractivity contribution in [2.45, 2.75) is 39.0 Å². The number of nitrogens with one attached hydrogen (secondary N) is 2. The number of rotatable bonds is 15. The Morgan fingerprint density at radius 2 is 1.50 bits per heavy atom. The van der Waals surface area contributed by atoms with Gasteiger partial charge in [-0.3, -0.25) is 9.59 Å². The summed E-state index contributed by atoms with van der Waals surface area (Å²) >= 11 is 0. The first-order valence-corrected chi connectivity index (χ1v) is 8.00. The fraction of sp³-hybridized carbons (Fsp3) is 0.750. The lowest BCUT2D eigenvalue weighted by Gasteiger charge is -2.08. The Kier molecular flexibility index (Phi) is 15.0. The number of ether oxygens (including phenoxy) is 2. The second-order valence-corrected chi connectivity index (χ2v) is 4.86. The van der Waals surface area contributed by atoms with Crippen molar-refractivity contribution in [3.8, 4) is 0 Å². The molecule has 0 heterocycles. The summed E-state index contributed by atoms with van der Waals surface area (Å²) in [5.74, 6) is 0.107. The van der Waals surface area contributed by atoms with E-state index in [4.69, 9.17) is 9.47 Å². The summed E-state index contributed by atoms with van der Waals surface area (Å²) in [7, 11) is 0. The zero-order chi connectivity index (χ0) is 16.5. The molecule has 0 aliphatic heterocycles. The van der Waals surface area contributed by atoms with Crippen molar-refractivity contribution < 1.29 is 19.1 Å². The molecule has 0 aromatic carbocycles. The lowest BCUT2D eigenvalue weighted by molar-refractivity contribution is -0.122. The molecule has 22 heavy (non-hydrogen) atoms. The number of amides is 2. The third-order valence-electron chi connectivity index (χ3n) is 2.80. The van der Waals surface area contributed by atoms with Crippen LogP contribution in [0.3, 0.4) is 0 Å². The Labute approximate surface area is 133 Å². The minimum absolute atomic E-state index is 0.0459. The van der Waals surface area contributed by atoms with Crippen molar-refractivity contribution in [3.63, 3.8) is 0 Å². The van der Waals surface area contributed by atoms with Crippen LogP contribution in [0.4, 0.5) is 0 Å². The average Bonchev–Trinajstić information content (AvgIpc) is 2.49. The molecule has 0 aromatic rings. The molecule has 0 saturated carbocycles. The Morgan fingerprint density at radius 1 is 0.955 bits per heavy atom. The highest BCUT2D eigenvalue weighted by Crippen LogP contribution is 1.94. The fourth-order valence-electron chi connectivity index (χ4n) is 1.66. The summed E-state index contributed by atoms with van der Waals surface area (Å²) in [5, 5.41) is 5.56. The highest BCUT2D eigenvalue weighted by atomic mass is 16.5. The van der Waals surface area contributed by atoms with Crippen molar-refractivity contribution >= 4 is 11.8 Å². The van der Waals surface area contributed by atoms with E-state index in [2.05, 4.69) is 17.2 Å². The fourth-order valence-corrected chi connectivity index (χ4v) is 1.66. The van der Waals surface area contributed by atoms with Crippen LogP contribution in [0, 0.1) is 0 Å². The lowest BCUT2D eigenvalue weighted by Crippen LogP contribution is -2.28. The van der Waals surface area contributed by atoms with Gasteiger partial charge in [-0.15, -0.1) is 6.58 Å². The second-order valence-electron chi connectivity index (χ2n) is 4.86. The van der Waals surface area contributed by atoms with Gasteiger partial charge < -0.3 is 20.1 Å². The number of carbonyl (C=O) groups is 2. The van der Waals surface area contributed by atoms with Crippen LogP contribution >= 0.6 is 0 Å². The molecular formula is C16H30N2O4. The normalized spacial score (nSPS) is 10.2. The molecule has 0 aliphatic rings. The van der Waals surface area contributed by atoms with Crippen molar-refractivity contribution in [2.24, 2.45) is 0 Å². The number of hydrogen-bond donors (Lipinski definition) is 2. The Hall–Kier alpha value is -1.40. The monoisotopic (exact) mass is 314 g/mol. The largest absolute Gasteiger partial charge is 0.377 e. The van der Waals surface area contributed by atoms with Crippen LogP contribution in [0.25, 0.3) is 0 Å². The number of carbonyl (C=O) groups excluding carboxylic acids is 2. The molecule has 0 unspecified atom stereocenters. The van der Waals surface area contributed by atoms with Gasteiger partial charge in [0.25, 0.3) is 0 Å². The molecule has 0 radical (unpaired) electrons. The van der Waals surface area contributed by atoms with Crippen LogP contribution < -0.4 is 10.6 Å². The van der Waals surface area contributed by atoms with Gasteiger partial charge in [0.2, 0.25) is 11.8 Å². The summed E-state index contributed by atoms with van der Waals surface area (Å²) in [6, 6.07) is 0. The van der Waals surface area contributed by atoms with Gasteiger partial charge in [0.15, 0.2) is 0 Å². The van der Waals surface area contributed by atoms with Crippen LogP contribution in [0.5, 0.6) is 0 Å². The van der Waals surface area contributed by atoms with Crippen LogP contribution in [-0.4, -0.2) is 51.3 Å². The predicted molar refractivity (Wildman–Crippen MR) is 86.6 cm³/mol. The zero-order valence-electron chi connectivity index (χ0n) is 13.7. The van der Waals surface area contributed by atoms with Crippen LogP contribution in [0.2, 0.25) is 0 Å². The van der Waals surface area contributed by atoms with Gasteiger partial charge in [-0.1, -0.05) is 13.0 Å². The Balaban J connectivity index is 3.18.